The van der Waals surface area contributed by atoms with E-state index < -0.39 is 0 Å². The van der Waals surface area contributed by atoms with Crippen LogP contribution in [0, 0.1) is 0 Å². The van der Waals surface area contributed by atoms with Crippen LogP contribution in [0.2, 0.25) is 0 Å². The fourth-order valence-electron chi connectivity index (χ4n) is 3.54. The SMILES string of the molecule is COc1cc(CNCC2(c3ccccc3)CC2)ccc1OCc1ccncc1. The molecule has 1 aromatic heterocycles. The Bertz CT molecular complexity index is 893. The molecule has 1 N–H and O–H groups in total. The number of nitrogens with one attached hydrogen (secondary N) is 1. The van der Waals surface area contributed by atoms with Gasteiger partial charge in [-0.1, -0.05) is 36.4 Å². The number of aromatic nitrogens is 1. The molecular weight excluding hydrogens is 348 g/mol. The Hall–Kier alpha value is -2.85. The molecule has 144 valence electrons. The number of hydrogen-bond donors (Lipinski definition) is 1. The minimum Gasteiger partial charge on any atom is -0.493 e. The highest BCUT2D eigenvalue weighted by Crippen LogP contribution is 2.47. The van der Waals surface area contributed by atoms with E-state index in [1.54, 1.807) is 19.5 Å². The second kappa shape index (κ2) is 8.44. The van der Waals surface area contributed by atoms with Gasteiger partial charge in [0.2, 0.25) is 0 Å². The Morgan fingerprint density at radius 3 is 2.43 bits per heavy atom. The summed E-state index contributed by atoms with van der Waals surface area (Å²) in [5.74, 6) is 1.52. The lowest BCUT2D eigenvalue weighted by atomic mass is 9.96. The van der Waals surface area contributed by atoms with E-state index in [0.717, 1.165) is 30.2 Å². The second-order valence-corrected chi connectivity index (χ2v) is 7.38. The van der Waals surface area contributed by atoms with E-state index in [9.17, 15) is 0 Å². The van der Waals surface area contributed by atoms with Crippen molar-refractivity contribution in [2.24, 2.45) is 0 Å². The Balaban J connectivity index is 1.34. The summed E-state index contributed by atoms with van der Waals surface area (Å²) in [7, 11) is 1.68. The fourth-order valence-corrected chi connectivity index (χ4v) is 3.54. The molecule has 3 aromatic rings. The molecule has 1 aliphatic rings. The Morgan fingerprint density at radius 1 is 0.929 bits per heavy atom. The summed E-state index contributed by atoms with van der Waals surface area (Å²) < 4.78 is 11.5. The molecule has 0 bridgehead atoms. The van der Waals surface area contributed by atoms with Crippen LogP contribution >= 0.6 is 0 Å². The van der Waals surface area contributed by atoms with Crippen molar-refractivity contribution in [3.8, 4) is 11.5 Å². The van der Waals surface area contributed by atoms with Gasteiger partial charge in [0.05, 0.1) is 7.11 Å². The normalized spacial score (nSPS) is 14.5. The summed E-state index contributed by atoms with van der Waals surface area (Å²) >= 11 is 0. The van der Waals surface area contributed by atoms with E-state index in [2.05, 4.69) is 52.8 Å². The number of benzene rings is 2. The summed E-state index contributed by atoms with van der Waals surface area (Å²) in [5.41, 5.74) is 4.04. The van der Waals surface area contributed by atoms with Crippen molar-refractivity contribution in [2.45, 2.75) is 31.4 Å². The fraction of sp³-hybridized carbons (Fsp3) is 0.292. The number of hydrogen-bond acceptors (Lipinski definition) is 4. The third-order valence-electron chi connectivity index (χ3n) is 5.40. The first kappa shape index (κ1) is 18.5. The quantitative estimate of drug-likeness (QED) is 0.599. The highest BCUT2D eigenvalue weighted by molar-refractivity contribution is 5.43. The monoisotopic (exact) mass is 374 g/mol. The van der Waals surface area contributed by atoms with Gasteiger partial charge in [-0.25, -0.2) is 0 Å². The van der Waals surface area contributed by atoms with Crippen LogP contribution in [0.1, 0.15) is 29.5 Å². The molecule has 0 amide bonds. The minimum absolute atomic E-state index is 0.318. The molecular formula is C24H26N2O2. The summed E-state index contributed by atoms with van der Waals surface area (Å²) in [6.07, 6.45) is 6.06. The average molecular weight is 374 g/mol. The third kappa shape index (κ3) is 4.34. The lowest BCUT2D eigenvalue weighted by Crippen LogP contribution is -2.26. The van der Waals surface area contributed by atoms with Gasteiger partial charge < -0.3 is 14.8 Å². The van der Waals surface area contributed by atoms with Crippen molar-refractivity contribution >= 4 is 0 Å². The van der Waals surface area contributed by atoms with Crippen molar-refractivity contribution in [3.05, 3.63) is 89.7 Å². The molecule has 1 heterocycles. The van der Waals surface area contributed by atoms with Crippen LogP contribution in [0.25, 0.3) is 0 Å². The van der Waals surface area contributed by atoms with Crippen molar-refractivity contribution in [1.29, 1.82) is 0 Å². The predicted molar refractivity (Wildman–Crippen MR) is 111 cm³/mol. The van der Waals surface area contributed by atoms with E-state index in [0.29, 0.717) is 12.0 Å². The maximum atomic E-state index is 5.92. The summed E-state index contributed by atoms with van der Waals surface area (Å²) in [6, 6.07) is 20.9. The van der Waals surface area contributed by atoms with Crippen LogP contribution in [-0.4, -0.2) is 18.6 Å². The zero-order valence-electron chi connectivity index (χ0n) is 16.2. The van der Waals surface area contributed by atoms with Gasteiger partial charge >= 0.3 is 0 Å². The smallest absolute Gasteiger partial charge is 0.161 e. The molecule has 4 rings (SSSR count). The molecule has 28 heavy (non-hydrogen) atoms. The van der Waals surface area contributed by atoms with Crippen LogP contribution in [0.15, 0.2) is 73.1 Å². The van der Waals surface area contributed by atoms with Gasteiger partial charge in [-0.15, -0.1) is 0 Å². The lowest BCUT2D eigenvalue weighted by Gasteiger charge is -2.17. The van der Waals surface area contributed by atoms with E-state index in [-0.39, 0.29) is 0 Å². The number of nitrogens with zero attached hydrogens (tertiary/aromatic N) is 1. The van der Waals surface area contributed by atoms with Gasteiger partial charge in [0.15, 0.2) is 11.5 Å². The van der Waals surface area contributed by atoms with Gasteiger partial charge in [0.25, 0.3) is 0 Å². The molecule has 0 unspecified atom stereocenters. The van der Waals surface area contributed by atoms with Crippen LogP contribution in [-0.2, 0) is 18.6 Å². The minimum atomic E-state index is 0.318. The maximum absolute atomic E-state index is 5.92. The van der Waals surface area contributed by atoms with Gasteiger partial charge in [-0.05, 0) is 53.8 Å². The van der Waals surface area contributed by atoms with E-state index in [4.69, 9.17) is 9.47 Å². The van der Waals surface area contributed by atoms with E-state index in [1.807, 2.05) is 18.2 Å². The zero-order chi connectivity index (χ0) is 19.2. The van der Waals surface area contributed by atoms with E-state index >= 15 is 0 Å². The van der Waals surface area contributed by atoms with E-state index in [1.165, 1.54) is 24.0 Å². The summed E-state index contributed by atoms with van der Waals surface area (Å²) in [4.78, 5) is 4.03. The first-order chi connectivity index (χ1) is 13.8. The molecule has 2 aromatic carbocycles. The van der Waals surface area contributed by atoms with Crippen molar-refractivity contribution in [2.75, 3.05) is 13.7 Å². The van der Waals surface area contributed by atoms with Gasteiger partial charge in [-0.3, -0.25) is 4.98 Å². The first-order valence-corrected chi connectivity index (χ1v) is 9.74. The highest BCUT2D eigenvalue weighted by Gasteiger charge is 2.43. The number of ether oxygens (including phenoxy) is 2. The number of pyridine rings is 1. The van der Waals surface area contributed by atoms with Crippen molar-refractivity contribution in [1.82, 2.24) is 10.3 Å². The molecule has 1 fully saturated rings. The maximum Gasteiger partial charge on any atom is 0.161 e. The number of methoxy groups -OCH3 is 1. The molecule has 4 heteroatoms. The highest BCUT2D eigenvalue weighted by atomic mass is 16.5. The third-order valence-corrected chi connectivity index (χ3v) is 5.40. The molecule has 0 radical (unpaired) electrons. The molecule has 4 nitrogen and oxygen atoms in total. The van der Waals surface area contributed by atoms with Crippen LogP contribution in [0.5, 0.6) is 11.5 Å². The summed E-state index contributed by atoms with van der Waals surface area (Å²) in [6.45, 7) is 2.31. The molecule has 0 spiro atoms. The molecule has 0 saturated heterocycles. The van der Waals surface area contributed by atoms with Gasteiger partial charge in [0.1, 0.15) is 6.61 Å². The second-order valence-electron chi connectivity index (χ2n) is 7.38. The standard InChI is InChI=1S/C24H26N2O2/c1-27-23-15-20(7-8-22(23)28-17-19-9-13-25-14-10-19)16-26-18-24(11-12-24)21-5-3-2-4-6-21/h2-10,13-15,26H,11-12,16-18H2,1H3. The molecule has 1 aliphatic carbocycles. The van der Waals surface area contributed by atoms with Crippen molar-refractivity contribution < 1.29 is 9.47 Å². The van der Waals surface area contributed by atoms with Gasteiger partial charge in [-0.2, -0.15) is 0 Å². The van der Waals surface area contributed by atoms with Crippen LogP contribution in [0.4, 0.5) is 0 Å². The average Bonchev–Trinajstić information content (AvgIpc) is 3.55. The van der Waals surface area contributed by atoms with Crippen LogP contribution < -0.4 is 14.8 Å². The topological polar surface area (TPSA) is 43.4 Å². The number of rotatable bonds is 9. The molecule has 1 saturated carbocycles. The molecule has 0 atom stereocenters. The zero-order valence-corrected chi connectivity index (χ0v) is 16.2. The Labute approximate surface area is 166 Å². The summed E-state index contributed by atoms with van der Waals surface area (Å²) in [5, 5.41) is 3.63. The molecule has 0 aliphatic heterocycles. The lowest BCUT2D eigenvalue weighted by molar-refractivity contribution is 0.284. The Kier molecular flexibility index (Phi) is 5.58. The largest absolute Gasteiger partial charge is 0.493 e. The van der Waals surface area contributed by atoms with Gasteiger partial charge in [0, 0.05) is 30.9 Å². The Morgan fingerprint density at radius 2 is 1.71 bits per heavy atom. The predicted octanol–water partition coefficient (Wildman–Crippen LogP) is 4.49. The first-order valence-electron chi connectivity index (χ1n) is 9.74. The van der Waals surface area contributed by atoms with Crippen molar-refractivity contribution in [3.63, 3.8) is 0 Å². The van der Waals surface area contributed by atoms with Crippen LogP contribution in [0.3, 0.4) is 0 Å².